The largest absolute Gasteiger partial charge is 0.481 e. The quantitative estimate of drug-likeness (QED) is 0.155. The van der Waals surface area contributed by atoms with E-state index in [1.54, 1.807) is 0 Å². The van der Waals surface area contributed by atoms with Crippen molar-refractivity contribution in [1.82, 2.24) is 0 Å². The van der Waals surface area contributed by atoms with Crippen LogP contribution in [0.4, 0.5) is 0 Å². The molecule has 0 rings (SSSR count). The van der Waals surface area contributed by atoms with Gasteiger partial charge in [0.15, 0.2) is 5.25 Å². The molecular weight excluding hydrogens is 423 g/mol. The van der Waals surface area contributed by atoms with E-state index in [4.69, 9.17) is 0 Å². The number of carboxylic acid groups (broad SMARTS) is 2. The van der Waals surface area contributed by atoms with Crippen molar-refractivity contribution in [2.45, 2.75) is 109 Å². The smallest absolute Gasteiger partial charge is 0.325 e. The van der Waals surface area contributed by atoms with Crippen molar-refractivity contribution < 1.29 is 32.8 Å². The van der Waals surface area contributed by atoms with E-state index in [2.05, 4.69) is 13.8 Å². The maximum Gasteiger partial charge on any atom is 0.325 e. The van der Waals surface area contributed by atoms with Crippen LogP contribution in [0.2, 0.25) is 0 Å². The Balaban J connectivity index is 0. The molecule has 0 amide bonds. The Labute approximate surface area is 218 Å². The molecule has 29 heavy (non-hydrogen) atoms. The van der Waals surface area contributed by atoms with E-state index in [0.29, 0.717) is 25.7 Å². The van der Waals surface area contributed by atoms with Crippen LogP contribution >= 0.6 is 0 Å². The number of carboxylic acids is 2. The van der Waals surface area contributed by atoms with Gasteiger partial charge in [0.05, 0.1) is 5.41 Å². The molecule has 0 aliphatic rings. The Morgan fingerprint density at radius 3 is 1.38 bits per heavy atom. The second kappa shape index (κ2) is 17.1. The Morgan fingerprint density at radius 1 is 0.759 bits per heavy atom. The van der Waals surface area contributed by atoms with Gasteiger partial charge in [-0.2, -0.15) is 8.42 Å². The third kappa shape index (κ3) is 12.2. The third-order valence-corrected chi connectivity index (χ3v) is 6.65. The molecule has 0 aromatic heterocycles. The van der Waals surface area contributed by atoms with Crippen molar-refractivity contribution in [3.63, 3.8) is 0 Å². The summed E-state index contributed by atoms with van der Waals surface area (Å²) in [4.78, 5) is 23.8. The summed E-state index contributed by atoms with van der Waals surface area (Å²) < 4.78 is 33.1. The zero-order chi connectivity index (χ0) is 21.6. The van der Waals surface area contributed by atoms with Gasteiger partial charge in [0, 0.05) is 51.4 Å². The SMILES string of the molecule is CCCCCCCCC(CCCCCCCC)(C(=O)O)C(C(=O)O)S(=O)(=O)O.[K]. The Bertz CT molecular complexity index is 547. The standard InChI is InChI=1S/C20H38O7S.K/c1-3-5-7-9-11-13-15-20(19(23)24,16-14-12-10-8-6-4-2)17(18(21)22)28(25,26)27;/h17H,3-16H2,1-2H3,(H,21,22)(H,23,24)(H,25,26,27);. The molecule has 0 spiro atoms. The van der Waals surface area contributed by atoms with Gasteiger partial charge in [-0.1, -0.05) is 90.9 Å². The fourth-order valence-electron chi connectivity index (χ4n) is 3.80. The Kier molecular flexibility index (Phi) is 18.7. The Hall–Kier alpha value is 0.486. The van der Waals surface area contributed by atoms with E-state index in [9.17, 15) is 32.8 Å². The molecule has 167 valence electrons. The minimum atomic E-state index is -5.05. The van der Waals surface area contributed by atoms with Crippen molar-refractivity contribution in [2.24, 2.45) is 5.41 Å². The second-order valence-electron chi connectivity index (χ2n) is 7.73. The normalized spacial score (nSPS) is 12.9. The molecule has 0 aliphatic carbocycles. The van der Waals surface area contributed by atoms with Gasteiger partial charge in [0.1, 0.15) is 0 Å². The molecule has 1 unspecified atom stereocenters. The predicted molar refractivity (Wildman–Crippen MR) is 115 cm³/mol. The first-order valence-corrected chi connectivity index (χ1v) is 12.1. The summed E-state index contributed by atoms with van der Waals surface area (Å²) in [7, 11) is -5.05. The van der Waals surface area contributed by atoms with Crippen molar-refractivity contribution in [3.05, 3.63) is 0 Å². The monoisotopic (exact) mass is 461 g/mol. The number of rotatable bonds is 18. The molecule has 1 radical (unpaired) electrons. The van der Waals surface area contributed by atoms with Crippen LogP contribution in [0.25, 0.3) is 0 Å². The van der Waals surface area contributed by atoms with Crippen LogP contribution < -0.4 is 0 Å². The predicted octanol–water partition coefficient (Wildman–Crippen LogP) is 4.52. The molecule has 0 aliphatic heterocycles. The number of hydrogen-bond acceptors (Lipinski definition) is 4. The van der Waals surface area contributed by atoms with Crippen molar-refractivity contribution >= 4 is 73.4 Å². The van der Waals surface area contributed by atoms with Crippen LogP contribution in [0, 0.1) is 5.41 Å². The summed E-state index contributed by atoms with van der Waals surface area (Å²) in [6.07, 6.45) is 10.2. The van der Waals surface area contributed by atoms with Crippen molar-refractivity contribution in [1.29, 1.82) is 0 Å². The topological polar surface area (TPSA) is 129 Å². The molecule has 9 heteroatoms. The van der Waals surface area contributed by atoms with E-state index in [-0.39, 0.29) is 64.2 Å². The molecule has 0 saturated carbocycles. The average Bonchev–Trinajstić information content (AvgIpc) is 2.58. The molecule has 0 saturated heterocycles. The van der Waals surface area contributed by atoms with Gasteiger partial charge in [0.2, 0.25) is 0 Å². The van der Waals surface area contributed by atoms with E-state index in [0.717, 1.165) is 51.4 Å². The van der Waals surface area contributed by atoms with Gasteiger partial charge < -0.3 is 10.2 Å². The summed E-state index contributed by atoms with van der Waals surface area (Å²) in [6.45, 7) is 4.17. The summed E-state index contributed by atoms with van der Waals surface area (Å²) in [5.74, 6) is -3.26. The van der Waals surface area contributed by atoms with Gasteiger partial charge in [-0.15, -0.1) is 0 Å². The Morgan fingerprint density at radius 2 is 1.10 bits per heavy atom. The third-order valence-electron chi connectivity index (χ3n) is 5.40. The molecule has 3 N–H and O–H groups in total. The fraction of sp³-hybridized carbons (Fsp3) is 0.900. The van der Waals surface area contributed by atoms with Crippen LogP contribution in [-0.4, -0.2) is 91.8 Å². The van der Waals surface area contributed by atoms with E-state index >= 15 is 0 Å². The number of carbonyl (C=O) groups is 2. The van der Waals surface area contributed by atoms with Gasteiger partial charge in [0.25, 0.3) is 10.1 Å². The van der Waals surface area contributed by atoms with Crippen LogP contribution in [0.3, 0.4) is 0 Å². The molecule has 0 bridgehead atoms. The minimum absolute atomic E-state index is 0. The van der Waals surface area contributed by atoms with Gasteiger partial charge >= 0.3 is 11.9 Å². The zero-order valence-corrected chi connectivity index (χ0v) is 22.3. The number of unbranched alkanes of at least 4 members (excludes halogenated alkanes) is 10. The van der Waals surface area contributed by atoms with E-state index < -0.39 is 32.7 Å². The maximum absolute atomic E-state index is 12.1. The molecular formula is C20H38KO7S. The second-order valence-corrected chi connectivity index (χ2v) is 9.23. The maximum atomic E-state index is 12.1. The summed E-state index contributed by atoms with van der Waals surface area (Å²) in [5.41, 5.74) is -2.01. The summed E-state index contributed by atoms with van der Waals surface area (Å²) >= 11 is 0. The van der Waals surface area contributed by atoms with Crippen molar-refractivity contribution in [2.75, 3.05) is 0 Å². The van der Waals surface area contributed by atoms with Crippen molar-refractivity contribution in [3.8, 4) is 0 Å². The van der Waals surface area contributed by atoms with Crippen LogP contribution in [0.15, 0.2) is 0 Å². The zero-order valence-electron chi connectivity index (χ0n) is 18.4. The molecule has 0 aromatic rings. The average molecular weight is 462 g/mol. The summed E-state index contributed by atoms with van der Waals surface area (Å²) in [6, 6.07) is 0. The molecule has 1 atom stereocenters. The van der Waals surface area contributed by atoms with Crippen LogP contribution in [0.1, 0.15) is 104 Å². The van der Waals surface area contributed by atoms with Gasteiger partial charge in [-0.05, 0) is 12.8 Å². The minimum Gasteiger partial charge on any atom is -0.481 e. The van der Waals surface area contributed by atoms with E-state index in [1.807, 2.05) is 0 Å². The summed E-state index contributed by atoms with van der Waals surface area (Å²) in [5, 5.41) is 16.9. The molecule has 0 heterocycles. The first kappa shape index (κ1) is 31.7. The van der Waals surface area contributed by atoms with E-state index in [1.165, 1.54) is 0 Å². The number of aliphatic carboxylic acids is 2. The molecule has 7 nitrogen and oxygen atoms in total. The number of hydrogen-bond donors (Lipinski definition) is 3. The van der Waals surface area contributed by atoms with Gasteiger partial charge in [-0.3, -0.25) is 14.1 Å². The first-order chi connectivity index (χ1) is 13.1. The molecule has 0 aromatic carbocycles. The molecule has 0 fully saturated rings. The van der Waals surface area contributed by atoms with Gasteiger partial charge in [-0.25, -0.2) is 0 Å². The first-order valence-electron chi connectivity index (χ1n) is 10.6. The van der Waals surface area contributed by atoms with Crippen LogP contribution in [0.5, 0.6) is 0 Å². The fourth-order valence-corrected chi connectivity index (χ4v) is 4.97. The van der Waals surface area contributed by atoms with Crippen LogP contribution in [-0.2, 0) is 19.7 Å².